The second-order valence-corrected chi connectivity index (χ2v) is 10.1. The normalized spacial score (nSPS) is 44.9. The van der Waals surface area contributed by atoms with E-state index in [1.165, 1.54) is 11.1 Å². The third-order valence-corrected chi connectivity index (χ3v) is 8.91. The van der Waals surface area contributed by atoms with E-state index in [2.05, 4.69) is 32.9 Å². The van der Waals surface area contributed by atoms with Crippen LogP contribution in [-0.2, 0) is 9.59 Å². The number of allylic oxidation sites excluding steroid dienone is 4. The van der Waals surface area contributed by atoms with E-state index in [0.717, 1.165) is 32.1 Å². The molecule has 4 aliphatic rings. The molecule has 0 aliphatic heterocycles. The number of aliphatic hydroxyl groups is 2. The number of hydrogen-bond acceptors (Lipinski definition) is 4. The minimum absolute atomic E-state index is 0.0416. The van der Waals surface area contributed by atoms with Crippen molar-refractivity contribution in [3.63, 3.8) is 0 Å². The van der Waals surface area contributed by atoms with E-state index in [4.69, 9.17) is 0 Å². The van der Waals surface area contributed by atoms with E-state index in [1.807, 2.05) is 0 Å². The van der Waals surface area contributed by atoms with Gasteiger partial charge >= 0.3 is 0 Å². The summed E-state index contributed by atoms with van der Waals surface area (Å²) in [7, 11) is 0. The Morgan fingerprint density at radius 1 is 1.29 bits per heavy atom. The molecule has 0 bridgehead atoms. The van der Waals surface area contributed by atoms with Crippen LogP contribution in [0.25, 0.3) is 0 Å². The zero-order chi connectivity index (χ0) is 20.3. The summed E-state index contributed by atoms with van der Waals surface area (Å²) in [4.78, 5) is 24.8. The first-order valence-corrected chi connectivity index (χ1v) is 11.0. The van der Waals surface area contributed by atoms with Gasteiger partial charge in [-0.2, -0.15) is 0 Å². The molecule has 4 rings (SSSR count). The highest BCUT2D eigenvalue weighted by Gasteiger charge is 2.67. The second kappa shape index (κ2) is 6.63. The Bertz CT molecular complexity index is 765. The SMILES string of the molecule is CCC[C@@H]1CC2C3CC=C4CC(=O)CC[C@]4(C)C3=CC[C@]2(C)[C@@]1(O)C(=O)CO. The number of fused-ring (bicyclic) bond motifs is 5. The average Bonchev–Trinajstić information content (AvgIpc) is 2.90. The summed E-state index contributed by atoms with van der Waals surface area (Å²) in [6, 6.07) is 0. The maximum Gasteiger partial charge on any atom is 0.190 e. The molecule has 0 aromatic heterocycles. The van der Waals surface area contributed by atoms with Gasteiger partial charge in [-0.3, -0.25) is 9.59 Å². The molecule has 4 heteroatoms. The first-order chi connectivity index (χ1) is 13.2. The van der Waals surface area contributed by atoms with Crippen LogP contribution in [0.15, 0.2) is 23.3 Å². The number of rotatable bonds is 4. The lowest BCUT2D eigenvalue weighted by Crippen LogP contribution is -2.57. The molecule has 2 unspecified atom stereocenters. The van der Waals surface area contributed by atoms with Crippen molar-refractivity contribution in [1.29, 1.82) is 0 Å². The number of carbonyl (C=O) groups is 2. The highest BCUT2D eigenvalue weighted by molar-refractivity contribution is 5.90. The van der Waals surface area contributed by atoms with E-state index < -0.39 is 23.4 Å². The van der Waals surface area contributed by atoms with E-state index >= 15 is 0 Å². The molecule has 0 saturated heterocycles. The van der Waals surface area contributed by atoms with Gasteiger partial charge in [-0.15, -0.1) is 0 Å². The van der Waals surface area contributed by atoms with Crippen molar-refractivity contribution < 1.29 is 19.8 Å². The Balaban J connectivity index is 1.76. The monoisotopic (exact) mass is 386 g/mol. The largest absolute Gasteiger partial charge is 0.388 e. The van der Waals surface area contributed by atoms with Crippen LogP contribution < -0.4 is 0 Å². The molecule has 2 saturated carbocycles. The average molecular weight is 387 g/mol. The number of Topliss-reactive ketones (excluding diaryl/α,β-unsaturated/α-hetero) is 2. The molecule has 2 N–H and O–H groups in total. The molecule has 6 atom stereocenters. The van der Waals surface area contributed by atoms with E-state index in [1.54, 1.807) is 0 Å². The van der Waals surface area contributed by atoms with E-state index in [0.29, 0.717) is 31.0 Å². The van der Waals surface area contributed by atoms with Crippen molar-refractivity contribution in [1.82, 2.24) is 0 Å². The van der Waals surface area contributed by atoms with E-state index in [9.17, 15) is 19.8 Å². The standard InChI is InChI=1S/C24H34O4/c1-4-5-16-13-20-18-7-6-15-12-17(26)8-10-22(15,2)19(18)9-11-23(20,3)24(16,28)21(27)14-25/h6,9,16,18,20,25,28H,4-5,7-8,10-14H2,1-3H3/t16-,18?,20?,22+,23+,24+/m1/s1. The molecule has 0 amide bonds. The van der Waals surface area contributed by atoms with Crippen LogP contribution in [0.2, 0.25) is 0 Å². The molecular weight excluding hydrogens is 352 g/mol. The molecule has 2 fully saturated rings. The van der Waals surface area contributed by atoms with Gasteiger partial charge in [0.1, 0.15) is 18.0 Å². The van der Waals surface area contributed by atoms with Crippen molar-refractivity contribution in [3.8, 4) is 0 Å². The predicted octanol–water partition coefficient (Wildman–Crippen LogP) is 3.76. The first-order valence-electron chi connectivity index (χ1n) is 11.0. The fourth-order valence-electron chi connectivity index (χ4n) is 7.30. The van der Waals surface area contributed by atoms with Crippen molar-refractivity contribution in [2.24, 2.45) is 28.6 Å². The Labute approximate surface area is 168 Å². The minimum atomic E-state index is -1.45. The van der Waals surface area contributed by atoms with Gasteiger partial charge in [0.05, 0.1) is 0 Å². The molecule has 0 aromatic rings. The molecule has 0 aromatic carbocycles. The van der Waals surface area contributed by atoms with Crippen LogP contribution in [0.5, 0.6) is 0 Å². The summed E-state index contributed by atoms with van der Waals surface area (Å²) in [6.45, 7) is 5.85. The highest BCUT2D eigenvalue weighted by atomic mass is 16.3. The van der Waals surface area contributed by atoms with Gasteiger partial charge in [0, 0.05) is 23.7 Å². The molecule has 4 nitrogen and oxygen atoms in total. The van der Waals surface area contributed by atoms with Crippen LogP contribution in [0.3, 0.4) is 0 Å². The molecule has 28 heavy (non-hydrogen) atoms. The molecule has 154 valence electrons. The van der Waals surface area contributed by atoms with Crippen molar-refractivity contribution in [2.45, 2.75) is 77.7 Å². The van der Waals surface area contributed by atoms with Crippen molar-refractivity contribution in [2.75, 3.05) is 6.61 Å². The van der Waals surface area contributed by atoms with Crippen LogP contribution in [0, 0.1) is 28.6 Å². The first kappa shape index (κ1) is 20.0. The minimum Gasteiger partial charge on any atom is -0.388 e. The fraction of sp³-hybridized carbons (Fsp3) is 0.750. The lowest BCUT2D eigenvalue weighted by molar-refractivity contribution is -0.162. The Hall–Kier alpha value is -1.26. The molecule has 0 heterocycles. The summed E-state index contributed by atoms with van der Waals surface area (Å²) in [5, 5.41) is 21.4. The molecule has 0 radical (unpaired) electrons. The van der Waals surface area contributed by atoms with Gasteiger partial charge in [-0.1, -0.05) is 50.5 Å². The number of ketones is 2. The summed E-state index contributed by atoms with van der Waals surface area (Å²) in [5.74, 6) is 0.396. The third kappa shape index (κ3) is 2.43. The number of hydrogen-bond donors (Lipinski definition) is 2. The molecule has 4 aliphatic carbocycles. The van der Waals surface area contributed by atoms with Gasteiger partial charge in [-0.25, -0.2) is 0 Å². The Morgan fingerprint density at radius 2 is 2.04 bits per heavy atom. The summed E-state index contributed by atoms with van der Waals surface area (Å²) < 4.78 is 0. The van der Waals surface area contributed by atoms with E-state index in [-0.39, 0.29) is 17.3 Å². The van der Waals surface area contributed by atoms with Crippen LogP contribution >= 0.6 is 0 Å². The maximum absolute atomic E-state index is 12.8. The number of carbonyl (C=O) groups excluding carboxylic acids is 2. The zero-order valence-electron chi connectivity index (χ0n) is 17.5. The lowest BCUT2D eigenvalue weighted by atomic mass is 9.51. The van der Waals surface area contributed by atoms with Crippen molar-refractivity contribution in [3.05, 3.63) is 23.3 Å². The third-order valence-electron chi connectivity index (χ3n) is 8.91. The van der Waals surface area contributed by atoms with Gasteiger partial charge in [-0.05, 0) is 49.9 Å². The Kier molecular flexibility index (Phi) is 4.74. The number of aliphatic hydroxyl groups excluding tert-OH is 1. The van der Waals surface area contributed by atoms with Gasteiger partial charge < -0.3 is 10.2 Å². The second-order valence-electron chi connectivity index (χ2n) is 10.1. The fourth-order valence-corrected chi connectivity index (χ4v) is 7.30. The van der Waals surface area contributed by atoms with Gasteiger partial charge in [0.25, 0.3) is 0 Å². The highest BCUT2D eigenvalue weighted by Crippen LogP contribution is 2.67. The van der Waals surface area contributed by atoms with Crippen LogP contribution in [-0.4, -0.2) is 34.0 Å². The lowest BCUT2D eigenvalue weighted by Gasteiger charge is -2.54. The predicted molar refractivity (Wildman–Crippen MR) is 108 cm³/mol. The topological polar surface area (TPSA) is 74.6 Å². The summed E-state index contributed by atoms with van der Waals surface area (Å²) in [5.41, 5.74) is 0.695. The zero-order valence-corrected chi connectivity index (χ0v) is 17.5. The van der Waals surface area contributed by atoms with Crippen molar-refractivity contribution >= 4 is 11.6 Å². The maximum atomic E-state index is 12.8. The summed E-state index contributed by atoms with van der Waals surface area (Å²) >= 11 is 0. The quantitative estimate of drug-likeness (QED) is 0.722. The summed E-state index contributed by atoms with van der Waals surface area (Å²) in [6.07, 6.45) is 10.8. The van der Waals surface area contributed by atoms with Gasteiger partial charge in [0.2, 0.25) is 0 Å². The van der Waals surface area contributed by atoms with Crippen LogP contribution in [0.1, 0.15) is 72.1 Å². The van der Waals surface area contributed by atoms with Crippen LogP contribution in [0.4, 0.5) is 0 Å². The molecule has 0 spiro atoms. The smallest absolute Gasteiger partial charge is 0.190 e. The molecular formula is C24H34O4. The Morgan fingerprint density at radius 3 is 2.71 bits per heavy atom. The van der Waals surface area contributed by atoms with Gasteiger partial charge in [0.15, 0.2) is 5.78 Å².